The maximum Gasteiger partial charge on any atom is 0.416 e. The van der Waals surface area contributed by atoms with E-state index in [1.54, 1.807) is 12.1 Å². The van der Waals surface area contributed by atoms with E-state index in [1.807, 2.05) is 0 Å². The summed E-state index contributed by atoms with van der Waals surface area (Å²) in [7, 11) is 0. The molecule has 0 bridgehead atoms. The van der Waals surface area contributed by atoms with Gasteiger partial charge in [-0.2, -0.15) is 13.2 Å². The first-order valence-corrected chi connectivity index (χ1v) is 6.46. The molecule has 1 aliphatic carbocycles. The summed E-state index contributed by atoms with van der Waals surface area (Å²) in [6.45, 7) is 0.306. The summed E-state index contributed by atoms with van der Waals surface area (Å²) >= 11 is 0. The van der Waals surface area contributed by atoms with Crippen LogP contribution in [0.5, 0.6) is 0 Å². The molecule has 0 spiro atoms. The van der Waals surface area contributed by atoms with Crippen molar-refractivity contribution in [2.24, 2.45) is 0 Å². The fourth-order valence-electron chi connectivity index (χ4n) is 2.51. The topological polar surface area (TPSA) is 12.0 Å². The van der Waals surface area contributed by atoms with Gasteiger partial charge in [-0.05, 0) is 24.5 Å². The van der Waals surface area contributed by atoms with Crippen molar-refractivity contribution in [3.05, 3.63) is 35.4 Å². The lowest BCUT2D eigenvalue weighted by Gasteiger charge is -2.23. The number of hydrogen-bond donors (Lipinski definition) is 1. The van der Waals surface area contributed by atoms with Crippen molar-refractivity contribution < 1.29 is 13.2 Å². The van der Waals surface area contributed by atoms with E-state index in [0.29, 0.717) is 18.2 Å². The van der Waals surface area contributed by atoms with Crippen LogP contribution >= 0.6 is 12.4 Å². The first-order valence-electron chi connectivity index (χ1n) is 6.46. The minimum atomic E-state index is -4.26. The molecule has 0 unspecified atom stereocenters. The van der Waals surface area contributed by atoms with Gasteiger partial charge in [-0.1, -0.05) is 37.5 Å². The molecule has 0 aliphatic heterocycles. The highest BCUT2D eigenvalue weighted by Gasteiger charge is 2.32. The van der Waals surface area contributed by atoms with Gasteiger partial charge in [0.05, 0.1) is 5.56 Å². The summed E-state index contributed by atoms with van der Waals surface area (Å²) in [6, 6.07) is 6.18. The Kier molecular flexibility index (Phi) is 6.14. The van der Waals surface area contributed by atoms with Gasteiger partial charge in [-0.15, -0.1) is 12.4 Å². The smallest absolute Gasteiger partial charge is 0.310 e. The predicted molar refractivity (Wildman–Crippen MR) is 72.4 cm³/mol. The van der Waals surface area contributed by atoms with E-state index in [2.05, 4.69) is 5.32 Å². The Hall–Kier alpha value is -0.740. The molecule has 1 fully saturated rings. The van der Waals surface area contributed by atoms with Crippen molar-refractivity contribution in [1.29, 1.82) is 0 Å². The van der Waals surface area contributed by atoms with Gasteiger partial charge in [0.25, 0.3) is 0 Å². The molecule has 19 heavy (non-hydrogen) atoms. The van der Waals surface area contributed by atoms with Crippen LogP contribution in [0.15, 0.2) is 24.3 Å². The third-order valence-electron chi connectivity index (χ3n) is 3.51. The van der Waals surface area contributed by atoms with Gasteiger partial charge in [-0.25, -0.2) is 0 Å². The molecule has 1 aromatic rings. The van der Waals surface area contributed by atoms with Crippen LogP contribution in [0.2, 0.25) is 0 Å². The van der Waals surface area contributed by atoms with Gasteiger partial charge in [0, 0.05) is 12.6 Å². The van der Waals surface area contributed by atoms with Crippen LogP contribution < -0.4 is 5.32 Å². The highest BCUT2D eigenvalue weighted by molar-refractivity contribution is 5.85. The van der Waals surface area contributed by atoms with Gasteiger partial charge in [0.1, 0.15) is 0 Å². The molecule has 0 heterocycles. The highest BCUT2D eigenvalue weighted by atomic mass is 35.5. The first kappa shape index (κ1) is 16.3. The maximum absolute atomic E-state index is 12.8. The number of nitrogens with one attached hydrogen (secondary N) is 1. The van der Waals surface area contributed by atoms with Gasteiger partial charge in [0.15, 0.2) is 0 Å². The highest BCUT2D eigenvalue weighted by Crippen LogP contribution is 2.32. The molecule has 0 atom stereocenters. The van der Waals surface area contributed by atoms with E-state index >= 15 is 0 Å². The lowest BCUT2D eigenvalue weighted by molar-refractivity contribution is -0.138. The maximum atomic E-state index is 12.8. The second-order valence-electron chi connectivity index (χ2n) is 4.87. The van der Waals surface area contributed by atoms with Crippen molar-refractivity contribution in [3.63, 3.8) is 0 Å². The van der Waals surface area contributed by atoms with E-state index in [9.17, 15) is 13.2 Å². The normalized spacial score (nSPS) is 17.0. The number of hydrogen-bond acceptors (Lipinski definition) is 1. The van der Waals surface area contributed by atoms with Crippen molar-refractivity contribution in [1.82, 2.24) is 5.32 Å². The lowest BCUT2D eigenvalue weighted by Crippen LogP contribution is -2.31. The lowest BCUT2D eigenvalue weighted by atomic mass is 9.95. The Morgan fingerprint density at radius 2 is 1.68 bits per heavy atom. The summed E-state index contributed by atoms with van der Waals surface area (Å²) in [4.78, 5) is 0. The van der Waals surface area contributed by atoms with Crippen LogP contribution in [-0.2, 0) is 12.7 Å². The van der Waals surface area contributed by atoms with E-state index in [0.717, 1.165) is 18.9 Å². The first-order chi connectivity index (χ1) is 8.57. The molecule has 0 amide bonds. The molecule has 0 saturated heterocycles. The molecule has 108 valence electrons. The zero-order chi connectivity index (χ0) is 13.0. The molecular formula is C14H19ClF3N. The Labute approximate surface area is 118 Å². The summed E-state index contributed by atoms with van der Waals surface area (Å²) in [5, 5.41) is 3.25. The molecule has 1 saturated carbocycles. The van der Waals surface area contributed by atoms with Crippen LogP contribution in [0, 0.1) is 0 Å². The van der Waals surface area contributed by atoms with E-state index in [1.165, 1.54) is 25.3 Å². The number of benzene rings is 1. The number of rotatable bonds is 3. The van der Waals surface area contributed by atoms with Crippen LogP contribution in [0.1, 0.15) is 43.2 Å². The van der Waals surface area contributed by atoms with Crippen molar-refractivity contribution in [2.75, 3.05) is 0 Å². The molecule has 1 nitrogen and oxygen atoms in total. The summed E-state index contributed by atoms with van der Waals surface area (Å²) < 4.78 is 38.4. The van der Waals surface area contributed by atoms with E-state index in [-0.39, 0.29) is 12.4 Å². The number of halogens is 4. The summed E-state index contributed by atoms with van der Waals surface area (Å²) in [6.07, 6.45) is 1.50. The quantitative estimate of drug-likeness (QED) is 0.862. The molecule has 1 N–H and O–H groups in total. The molecule has 5 heteroatoms. The Morgan fingerprint density at radius 3 is 2.32 bits per heavy atom. The van der Waals surface area contributed by atoms with Crippen molar-refractivity contribution in [3.8, 4) is 0 Å². The third-order valence-corrected chi connectivity index (χ3v) is 3.51. The largest absolute Gasteiger partial charge is 0.416 e. The fourth-order valence-corrected chi connectivity index (χ4v) is 2.51. The van der Waals surface area contributed by atoms with Crippen molar-refractivity contribution in [2.45, 2.75) is 50.9 Å². The number of alkyl halides is 3. The molecule has 0 aromatic heterocycles. The predicted octanol–water partition coefficient (Wildman–Crippen LogP) is 4.55. The second kappa shape index (κ2) is 7.15. The average Bonchev–Trinajstić information content (AvgIpc) is 2.37. The summed E-state index contributed by atoms with van der Waals surface area (Å²) in [5.74, 6) is 0. The Bertz CT molecular complexity index is 387. The zero-order valence-electron chi connectivity index (χ0n) is 10.7. The van der Waals surface area contributed by atoms with Crippen LogP contribution in [0.3, 0.4) is 0 Å². The van der Waals surface area contributed by atoms with Crippen LogP contribution in [0.25, 0.3) is 0 Å². The van der Waals surface area contributed by atoms with E-state index in [4.69, 9.17) is 0 Å². The average molecular weight is 294 g/mol. The molecular weight excluding hydrogens is 275 g/mol. The third kappa shape index (κ3) is 4.69. The molecule has 2 rings (SSSR count). The fraction of sp³-hybridized carbons (Fsp3) is 0.571. The van der Waals surface area contributed by atoms with Gasteiger partial charge in [0.2, 0.25) is 0 Å². The van der Waals surface area contributed by atoms with Gasteiger partial charge < -0.3 is 5.32 Å². The van der Waals surface area contributed by atoms with Gasteiger partial charge in [-0.3, -0.25) is 0 Å². The standard InChI is InChI=1S/C14H18F3N.ClH/c15-14(16,17)13-9-5-4-6-11(13)10-18-12-7-2-1-3-8-12;/h4-6,9,12,18H,1-3,7-8,10H2;1H. The molecule has 1 aromatic carbocycles. The van der Waals surface area contributed by atoms with Crippen LogP contribution in [-0.4, -0.2) is 6.04 Å². The second-order valence-corrected chi connectivity index (χ2v) is 4.87. The van der Waals surface area contributed by atoms with Crippen molar-refractivity contribution >= 4 is 12.4 Å². The van der Waals surface area contributed by atoms with Crippen LogP contribution in [0.4, 0.5) is 13.2 Å². The van der Waals surface area contributed by atoms with Gasteiger partial charge >= 0.3 is 6.18 Å². The molecule has 1 aliphatic rings. The Balaban J connectivity index is 0.00000180. The Morgan fingerprint density at radius 1 is 1.05 bits per heavy atom. The van der Waals surface area contributed by atoms with E-state index < -0.39 is 11.7 Å². The SMILES string of the molecule is Cl.FC(F)(F)c1ccccc1CNC1CCCCC1. The molecule has 0 radical (unpaired) electrons. The summed E-state index contributed by atoms with van der Waals surface area (Å²) in [5.41, 5.74) is -0.177. The minimum Gasteiger partial charge on any atom is -0.310 e. The zero-order valence-corrected chi connectivity index (χ0v) is 11.5. The monoisotopic (exact) mass is 293 g/mol. The minimum absolute atomic E-state index is 0.